The lowest BCUT2D eigenvalue weighted by Gasteiger charge is -2.46. The largest absolute Gasteiger partial charge is 0.375 e. The Balaban J connectivity index is 1.30. The number of hydrogen-bond acceptors (Lipinski definition) is 4. The highest BCUT2D eigenvalue weighted by molar-refractivity contribution is 7.10. The second-order valence-corrected chi connectivity index (χ2v) is 9.84. The third-order valence-corrected chi connectivity index (χ3v) is 8.13. The first-order valence-corrected chi connectivity index (χ1v) is 11.5. The molecule has 1 unspecified atom stereocenters. The van der Waals surface area contributed by atoms with E-state index >= 15 is 0 Å². The predicted octanol–water partition coefficient (Wildman–Crippen LogP) is 4.65. The van der Waals surface area contributed by atoms with Crippen molar-refractivity contribution in [1.82, 2.24) is 10.3 Å². The van der Waals surface area contributed by atoms with Gasteiger partial charge in [0.15, 0.2) is 0 Å². The van der Waals surface area contributed by atoms with Crippen molar-refractivity contribution < 1.29 is 4.74 Å². The Hall–Kier alpha value is -1.23. The van der Waals surface area contributed by atoms with Crippen molar-refractivity contribution in [3.63, 3.8) is 0 Å². The van der Waals surface area contributed by atoms with E-state index in [2.05, 4.69) is 28.9 Å². The molecular formula is C23H30N2OS. The highest BCUT2D eigenvalue weighted by atomic mass is 32.1. The molecule has 0 radical (unpaired) electrons. The summed E-state index contributed by atoms with van der Waals surface area (Å²) in [6, 6.07) is 9.37. The van der Waals surface area contributed by atoms with Crippen LogP contribution in [0.25, 0.3) is 0 Å². The molecule has 4 heteroatoms. The molecule has 144 valence electrons. The minimum absolute atomic E-state index is 0.118. The van der Waals surface area contributed by atoms with E-state index in [9.17, 15) is 0 Å². The Bertz CT molecular complexity index is 747. The maximum absolute atomic E-state index is 6.37. The molecule has 1 N–H and O–H groups in total. The average Bonchev–Trinajstić information content (AvgIpc) is 3.40. The fourth-order valence-electron chi connectivity index (χ4n) is 5.75. The van der Waals surface area contributed by atoms with E-state index in [1.54, 1.807) is 10.4 Å². The predicted molar refractivity (Wildman–Crippen MR) is 110 cm³/mol. The van der Waals surface area contributed by atoms with Gasteiger partial charge in [0, 0.05) is 34.8 Å². The molecule has 1 spiro atoms. The first-order valence-electron chi connectivity index (χ1n) is 10.6. The minimum Gasteiger partial charge on any atom is -0.375 e. The van der Waals surface area contributed by atoms with Gasteiger partial charge in [-0.1, -0.05) is 18.9 Å². The summed E-state index contributed by atoms with van der Waals surface area (Å²) < 4.78 is 6.37. The summed E-state index contributed by atoms with van der Waals surface area (Å²) in [5.74, 6) is 0. The molecule has 3 nitrogen and oxygen atoms in total. The molecule has 2 aromatic rings. The van der Waals surface area contributed by atoms with Crippen molar-refractivity contribution in [2.24, 2.45) is 0 Å². The Labute approximate surface area is 166 Å². The first-order chi connectivity index (χ1) is 13.3. The zero-order valence-corrected chi connectivity index (χ0v) is 16.9. The summed E-state index contributed by atoms with van der Waals surface area (Å²) in [6.07, 6.45) is 12.9. The maximum Gasteiger partial charge on any atom is 0.0691 e. The highest BCUT2D eigenvalue weighted by Gasteiger charge is 2.48. The SMILES string of the molecule is c1ccc([C@]2(CCNC3Cc4ccsc4C3)CCOC3(CCCC3)C2)nc1. The van der Waals surface area contributed by atoms with Crippen molar-refractivity contribution in [3.8, 4) is 0 Å². The van der Waals surface area contributed by atoms with Crippen LogP contribution in [0.15, 0.2) is 35.8 Å². The summed E-state index contributed by atoms with van der Waals surface area (Å²) in [5.41, 5.74) is 3.13. The van der Waals surface area contributed by atoms with Crippen LogP contribution in [-0.2, 0) is 23.0 Å². The van der Waals surface area contributed by atoms with E-state index in [1.165, 1.54) is 50.6 Å². The van der Waals surface area contributed by atoms with Crippen LogP contribution in [0.2, 0.25) is 0 Å². The van der Waals surface area contributed by atoms with Gasteiger partial charge in [-0.2, -0.15) is 0 Å². The lowest BCUT2D eigenvalue weighted by Crippen LogP contribution is -2.48. The van der Waals surface area contributed by atoms with Crippen LogP contribution in [-0.4, -0.2) is 29.8 Å². The fourth-order valence-corrected chi connectivity index (χ4v) is 6.74. The van der Waals surface area contributed by atoms with Gasteiger partial charge in [-0.25, -0.2) is 0 Å². The number of hydrogen-bond donors (Lipinski definition) is 1. The van der Waals surface area contributed by atoms with Crippen molar-refractivity contribution >= 4 is 11.3 Å². The van der Waals surface area contributed by atoms with Gasteiger partial charge in [0.1, 0.15) is 0 Å². The van der Waals surface area contributed by atoms with E-state index in [0.717, 1.165) is 26.0 Å². The summed E-state index contributed by atoms with van der Waals surface area (Å²) >= 11 is 1.92. The van der Waals surface area contributed by atoms with E-state index in [0.29, 0.717) is 6.04 Å². The van der Waals surface area contributed by atoms with Gasteiger partial charge in [-0.15, -0.1) is 11.3 Å². The molecule has 1 aliphatic heterocycles. The van der Waals surface area contributed by atoms with Crippen LogP contribution in [0.3, 0.4) is 0 Å². The van der Waals surface area contributed by atoms with Gasteiger partial charge in [0.25, 0.3) is 0 Å². The standard InChI is InChI=1S/C23H30N2OS/c1-4-11-25-21(5-1)22(10-13-26-23(17-22)7-2-3-8-23)9-12-24-19-15-18-6-14-27-20(18)16-19/h1,4-6,11,14,19,24H,2-3,7-10,12-13,15-17H2/t19?,22-/m1/s1. The van der Waals surface area contributed by atoms with Gasteiger partial charge in [-0.05, 0) is 80.6 Å². The summed E-state index contributed by atoms with van der Waals surface area (Å²) in [7, 11) is 0. The second kappa shape index (κ2) is 7.31. The third-order valence-electron chi connectivity index (χ3n) is 7.14. The van der Waals surface area contributed by atoms with Gasteiger partial charge < -0.3 is 10.1 Å². The van der Waals surface area contributed by atoms with Crippen LogP contribution < -0.4 is 5.32 Å². The number of rotatable bonds is 5. The molecule has 27 heavy (non-hydrogen) atoms. The topological polar surface area (TPSA) is 34.1 Å². The number of thiophene rings is 1. The van der Waals surface area contributed by atoms with E-state index < -0.39 is 0 Å². The van der Waals surface area contributed by atoms with Crippen LogP contribution >= 0.6 is 11.3 Å². The number of nitrogens with zero attached hydrogens (tertiary/aromatic N) is 1. The van der Waals surface area contributed by atoms with E-state index in [-0.39, 0.29) is 11.0 Å². The number of aromatic nitrogens is 1. The molecule has 3 heterocycles. The zero-order chi connectivity index (χ0) is 18.2. The average molecular weight is 383 g/mol. The molecule has 5 rings (SSSR count). The van der Waals surface area contributed by atoms with Crippen LogP contribution in [0.1, 0.15) is 61.1 Å². The van der Waals surface area contributed by atoms with Gasteiger partial charge in [0.2, 0.25) is 0 Å². The maximum atomic E-state index is 6.37. The van der Waals surface area contributed by atoms with Crippen LogP contribution in [0, 0.1) is 0 Å². The third kappa shape index (κ3) is 3.48. The normalized spacial score (nSPS) is 29.3. The number of pyridine rings is 1. The summed E-state index contributed by atoms with van der Waals surface area (Å²) in [4.78, 5) is 6.41. The fraction of sp³-hybridized carbons (Fsp3) is 0.609. The second-order valence-electron chi connectivity index (χ2n) is 8.84. The highest BCUT2D eigenvalue weighted by Crippen LogP contribution is 2.49. The Morgan fingerprint density at radius 1 is 1.15 bits per heavy atom. The molecule has 1 saturated heterocycles. The molecule has 1 saturated carbocycles. The van der Waals surface area contributed by atoms with Crippen LogP contribution in [0.4, 0.5) is 0 Å². The molecule has 2 fully saturated rings. The smallest absolute Gasteiger partial charge is 0.0691 e. The molecule has 2 aromatic heterocycles. The van der Waals surface area contributed by atoms with Gasteiger partial charge >= 0.3 is 0 Å². The quantitative estimate of drug-likeness (QED) is 0.817. The van der Waals surface area contributed by atoms with Gasteiger partial charge in [0.05, 0.1) is 5.60 Å². The summed E-state index contributed by atoms with van der Waals surface area (Å²) in [5, 5.41) is 6.11. The molecule has 3 aliphatic rings. The summed E-state index contributed by atoms with van der Waals surface area (Å²) in [6.45, 7) is 1.96. The Morgan fingerprint density at radius 3 is 2.89 bits per heavy atom. The molecule has 0 aromatic carbocycles. The Kier molecular flexibility index (Phi) is 4.83. The van der Waals surface area contributed by atoms with Crippen molar-refractivity contribution in [2.45, 2.75) is 74.8 Å². The van der Waals surface area contributed by atoms with Crippen molar-refractivity contribution in [3.05, 3.63) is 52.0 Å². The lowest BCUT2D eigenvalue weighted by atomic mass is 9.68. The molecule has 2 atom stereocenters. The van der Waals surface area contributed by atoms with Crippen molar-refractivity contribution in [1.29, 1.82) is 0 Å². The van der Waals surface area contributed by atoms with E-state index in [4.69, 9.17) is 9.72 Å². The molecular weight excluding hydrogens is 352 g/mol. The Morgan fingerprint density at radius 2 is 2.07 bits per heavy atom. The number of nitrogens with one attached hydrogen (secondary N) is 1. The molecule has 0 bridgehead atoms. The molecule has 0 amide bonds. The number of fused-ring (bicyclic) bond motifs is 1. The first kappa shape index (κ1) is 17.8. The number of ether oxygens (including phenoxy) is 1. The van der Waals surface area contributed by atoms with Gasteiger partial charge in [-0.3, -0.25) is 4.98 Å². The molecule has 2 aliphatic carbocycles. The zero-order valence-electron chi connectivity index (χ0n) is 16.1. The van der Waals surface area contributed by atoms with Crippen molar-refractivity contribution in [2.75, 3.05) is 13.2 Å². The monoisotopic (exact) mass is 382 g/mol. The van der Waals surface area contributed by atoms with E-state index in [1.807, 2.05) is 23.6 Å². The lowest BCUT2D eigenvalue weighted by molar-refractivity contribution is -0.104. The minimum atomic E-state index is 0.118. The van der Waals surface area contributed by atoms with Crippen LogP contribution in [0.5, 0.6) is 0 Å².